The van der Waals surface area contributed by atoms with Gasteiger partial charge in [0.05, 0.1) is 17.5 Å². The number of aromatic amines is 1. The second-order valence-corrected chi connectivity index (χ2v) is 5.94. The lowest BCUT2D eigenvalue weighted by molar-refractivity contribution is 0.339. The second-order valence-electron chi connectivity index (χ2n) is 5.94. The van der Waals surface area contributed by atoms with E-state index in [1.165, 1.54) is 11.1 Å². The molecule has 0 bridgehead atoms. The van der Waals surface area contributed by atoms with Crippen LogP contribution in [0.15, 0.2) is 47.3 Å². The highest BCUT2D eigenvalue weighted by atomic mass is 16.5. The number of para-hydroxylation sites is 1. The van der Waals surface area contributed by atoms with E-state index in [-0.39, 0.29) is 5.56 Å². The molecule has 0 fully saturated rings. The lowest BCUT2D eigenvalue weighted by Crippen LogP contribution is -2.33. The predicted octanol–water partition coefficient (Wildman–Crippen LogP) is 2.88. The van der Waals surface area contributed by atoms with Crippen molar-refractivity contribution in [2.24, 2.45) is 0 Å². The molecule has 0 saturated heterocycles. The molecule has 24 heavy (non-hydrogen) atoms. The first kappa shape index (κ1) is 14.8. The van der Waals surface area contributed by atoms with Gasteiger partial charge in [-0.15, -0.1) is 0 Å². The fourth-order valence-electron chi connectivity index (χ4n) is 3.19. The van der Waals surface area contributed by atoms with E-state index in [2.05, 4.69) is 27.0 Å². The highest BCUT2D eigenvalue weighted by Gasteiger charge is 2.19. The van der Waals surface area contributed by atoms with Gasteiger partial charge in [0.25, 0.3) is 5.56 Å². The summed E-state index contributed by atoms with van der Waals surface area (Å²) >= 11 is 0. The van der Waals surface area contributed by atoms with Crippen LogP contribution < -0.4 is 15.2 Å². The van der Waals surface area contributed by atoms with Crippen LogP contribution in [0.2, 0.25) is 0 Å². The van der Waals surface area contributed by atoms with E-state index in [1.54, 1.807) is 6.07 Å². The molecule has 4 rings (SSSR count). The molecule has 0 radical (unpaired) electrons. The third kappa shape index (κ3) is 2.62. The molecule has 0 saturated carbocycles. The predicted molar refractivity (Wildman–Crippen MR) is 94.7 cm³/mol. The van der Waals surface area contributed by atoms with Crippen molar-refractivity contribution >= 4 is 16.9 Å². The zero-order valence-electron chi connectivity index (χ0n) is 13.6. The SMILES string of the molecule is CCOc1ccc2c(c1)CN(c1nc3ccccc3c(=O)[nH]1)CC2. The Morgan fingerprint density at radius 1 is 1.21 bits per heavy atom. The molecule has 0 aliphatic carbocycles. The van der Waals surface area contributed by atoms with Crippen LogP contribution in [-0.2, 0) is 13.0 Å². The molecule has 1 N–H and O–H groups in total. The monoisotopic (exact) mass is 321 g/mol. The number of benzene rings is 2. The minimum Gasteiger partial charge on any atom is -0.494 e. The smallest absolute Gasteiger partial charge is 0.260 e. The Labute approximate surface area is 139 Å². The van der Waals surface area contributed by atoms with Crippen molar-refractivity contribution in [3.63, 3.8) is 0 Å². The molecule has 0 amide bonds. The van der Waals surface area contributed by atoms with Crippen molar-refractivity contribution in [1.29, 1.82) is 0 Å². The van der Waals surface area contributed by atoms with E-state index in [4.69, 9.17) is 4.74 Å². The Hall–Kier alpha value is -2.82. The number of hydrogen-bond acceptors (Lipinski definition) is 4. The summed E-state index contributed by atoms with van der Waals surface area (Å²) in [5.41, 5.74) is 3.19. The molecule has 1 aliphatic heterocycles. The maximum Gasteiger partial charge on any atom is 0.260 e. The van der Waals surface area contributed by atoms with E-state index in [0.717, 1.165) is 30.8 Å². The van der Waals surface area contributed by atoms with Crippen molar-refractivity contribution in [1.82, 2.24) is 9.97 Å². The molecule has 5 heteroatoms. The van der Waals surface area contributed by atoms with E-state index < -0.39 is 0 Å². The van der Waals surface area contributed by atoms with Crippen molar-refractivity contribution < 1.29 is 4.74 Å². The summed E-state index contributed by atoms with van der Waals surface area (Å²) in [6.45, 7) is 4.19. The van der Waals surface area contributed by atoms with Crippen LogP contribution in [0.5, 0.6) is 5.75 Å². The summed E-state index contributed by atoms with van der Waals surface area (Å²) in [6, 6.07) is 13.7. The maximum absolute atomic E-state index is 12.3. The van der Waals surface area contributed by atoms with Crippen molar-refractivity contribution in [3.8, 4) is 5.75 Å². The number of aromatic nitrogens is 2. The first-order valence-corrected chi connectivity index (χ1v) is 8.23. The zero-order valence-corrected chi connectivity index (χ0v) is 13.6. The van der Waals surface area contributed by atoms with E-state index in [0.29, 0.717) is 17.9 Å². The fourth-order valence-corrected chi connectivity index (χ4v) is 3.19. The molecule has 122 valence electrons. The van der Waals surface area contributed by atoms with Gasteiger partial charge in [-0.1, -0.05) is 18.2 Å². The summed E-state index contributed by atoms with van der Waals surface area (Å²) in [5, 5.41) is 0.622. The third-order valence-corrected chi connectivity index (χ3v) is 4.40. The molecule has 5 nitrogen and oxygen atoms in total. The Morgan fingerprint density at radius 2 is 2.08 bits per heavy atom. The molecular weight excluding hydrogens is 302 g/mol. The van der Waals surface area contributed by atoms with Gasteiger partial charge in [-0.3, -0.25) is 9.78 Å². The van der Waals surface area contributed by atoms with Gasteiger partial charge >= 0.3 is 0 Å². The van der Waals surface area contributed by atoms with Crippen molar-refractivity contribution in [2.45, 2.75) is 19.9 Å². The van der Waals surface area contributed by atoms with Gasteiger partial charge in [0.1, 0.15) is 5.75 Å². The van der Waals surface area contributed by atoms with Gasteiger partial charge in [-0.05, 0) is 48.7 Å². The maximum atomic E-state index is 12.3. The van der Waals surface area contributed by atoms with Gasteiger partial charge in [0, 0.05) is 13.1 Å². The van der Waals surface area contributed by atoms with E-state index in [1.807, 2.05) is 31.2 Å². The average molecular weight is 321 g/mol. The quantitative estimate of drug-likeness (QED) is 0.806. The van der Waals surface area contributed by atoms with Crippen molar-refractivity contribution in [2.75, 3.05) is 18.1 Å². The van der Waals surface area contributed by atoms with Gasteiger partial charge in [0.15, 0.2) is 0 Å². The Kier molecular flexibility index (Phi) is 3.69. The molecule has 1 aliphatic rings. The molecule has 2 heterocycles. The number of hydrogen-bond donors (Lipinski definition) is 1. The fraction of sp³-hybridized carbons (Fsp3) is 0.263. The number of rotatable bonds is 3. The minimum absolute atomic E-state index is 0.0931. The molecule has 2 aromatic carbocycles. The number of ether oxygens (including phenoxy) is 1. The normalized spacial score (nSPS) is 13.8. The standard InChI is InChI=1S/C19H19N3O2/c1-2-24-15-8-7-13-9-10-22(12-14(13)11-15)19-20-17-6-4-3-5-16(17)18(23)21-19/h3-8,11H,2,9-10,12H2,1H3,(H,20,21,23). The number of nitrogens with zero attached hydrogens (tertiary/aromatic N) is 2. The molecule has 0 atom stereocenters. The minimum atomic E-state index is -0.0931. The summed E-state index contributed by atoms with van der Waals surface area (Å²) < 4.78 is 5.60. The lowest BCUT2D eigenvalue weighted by atomic mass is 10.00. The van der Waals surface area contributed by atoms with Crippen LogP contribution >= 0.6 is 0 Å². The highest BCUT2D eigenvalue weighted by Crippen LogP contribution is 2.26. The van der Waals surface area contributed by atoms with Crippen LogP contribution in [-0.4, -0.2) is 23.1 Å². The summed E-state index contributed by atoms with van der Waals surface area (Å²) in [7, 11) is 0. The van der Waals surface area contributed by atoms with Gasteiger partial charge in [-0.2, -0.15) is 0 Å². The molecule has 1 aromatic heterocycles. The van der Waals surface area contributed by atoms with Gasteiger partial charge in [-0.25, -0.2) is 4.98 Å². The molecule has 0 unspecified atom stereocenters. The van der Waals surface area contributed by atoms with Crippen LogP contribution in [0.1, 0.15) is 18.1 Å². The van der Waals surface area contributed by atoms with Crippen LogP contribution in [0.3, 0.4) is 0 Å². The van der Waals surface area contributed by atoms with Crippen LogP contribution in [0, 0.1) is 0 Å². The first-order valence-electron chi connectivity index (χ1n) is 8.23. The number of H-pyrrole nitrogens is 1. The lowest BCUT2D eigenvalue weighted by Gasteiger charge is -2.29. The van der Waals surface area contributed by atoms with Gasteiger partial charge in [0.2, 0.25) is 5.95 Å². The summed E-state index contributed by atoms with van der Waals surface area (Å²) in [6.07, 6.45) is 0.929. The Bertz CT molecular complexity index is 949. The average Bonchev–Trinajstić information content (AvgIpc) is 2.61. The number of nitrogens with one attached hydrogen (secondary N) is 1. The van der Waals surface area contributed by atoms with Crippen molar-refractivity contribution in [3.05, 3.63) is 63.9 Å². The zero-order chi connectivity index (χ0) is 16.5. The molecular formula is C19H19N3O2. The van der Waals surface area contributed by atoms with E-state index >= 15 is 0 Å². The Morgan fingerprint density at radius 3 is 2.96 bits per heavy atom. The highest BCUT2D eigenvalue weighted by molar-refractivity contribution is 5.78. The summed E-state index contributed by atoms with van der Waals surface area (Å²) in [5.74, 6) is 1.52. The van der Waals surface area contributed by atoms with Crippen LogP contribution in [0.4, 0.5) is 5.95 Å². The first-order chi connectivity index (χ1) is 11.7. The Balaban J connectivity index is 1.69. The molecule has 0 spiro atoms. The van der Waals surface area contributed by atoms with Gasteiger partial charge < -0.3 is 9.64 Å². The second kappa shape index (κ2) is 6.00. The topological polar surface area (TPSA) is 58.2 Å². The summed E-state index contributed by atoms with van der Waals surface area (Å²) in [4.78, 5) is 22.0. The molecule has 3 aromatic rings. The third-order valence-electron chi connectivity index (χ3n) is 4.40. The number of anilines is 1. The number of fused-ring (bicyclic) bond motifs is 2. The van der Waals surface area contributed by atoms with Crippen LogP contribution in [0.25, 0.3) is 10.9 Å². The largest absolute Gasteiger partial charge is 0.494 e. The van der Waals surface area contributed by atoms with E-state index in [9.17, 15) is 4.79 Å².